The number of amides is 2. The van der Waals surface area contributed by atoms with Crippen LogP contribution in [-0.4, -0.2) is 52.9 Å². The summed E-state index contributed by atoms with van der Waals surface area (Å²) in [6.45, 7) is 8.03. The molecule has 0 aliphatic carbocycles. The number of aromatic nitrogens is 2. The molecule has 1 atom stereocenters. The molecule has 0 fully saturated rings. The van der Waals surface area contributed by atoms with Crippen LogP contribution < -0.4 is 10.6 Å². The van der Waals surface area contributed by atoms with Crippen LogP contribution >= 0.6 is 0 Å². The Balaban J connectivity index is 1.78. The van der Waals surface area contributed by atoms with Crippen LogP contribution in [0, 0.1) is 5.41 Å². The van der Waals surface area contributed by atoms with Crippen molar-refractivity contribution in [1.29, 1.82) is 0 Å². The molecule has 3 aromatic rings. The first-order valence-corrected chi connectivity index (χ1v) is 11.0. The normalized spacial score (nSPS) is 15.8. The maximum atomic E-state index is 13.4. The van der Waals surface area contributed by atoms with Crippen LogP contribution in [0.15, 0.2) is 34.7 Å². The number of nitrogens with one attached hydrogen (secondary N) is 2. The molecule has 0 saturated carbocycles. The van der Waals surface area contributed by atoms with Crippen molar-refractivity contribution >= 4 is 22.8 Å². The monoisotopic (exact) mass is 437 g/mol. The number of benzene rings is 1. The van der Waals surface area contributed by atoms with Crippen molar-refractivity contribution in [1.82, 2.24) is 25.1 Å². The lowest BCUT2D eigenvalue weighted by Crippen LogP contribution is -2.53. The molecule has 2 N–H and O–H groups in total. The minimum atomic E-state index is -0.685. The van der Waals surface area contributed by atoms with E-state index in [0.717, 1.165) is 36.2 Å². The van der Waals surface area contributed by atoms with E-state index in [1.54, 1.807) is 7.05 Å². The number of carbonyl (C=O) groups is 2. The number of nitrogens with zero attached hydrogens (tertiary/aromatic N) is 3. The molecule has 170 valence electrons. The van der Waals surface area contributed by atoms with Gasteiger partial charge in [-0.2, -0.15) is 0 Å². The summed E-state index contributed by atoms with van der Waals surface area (Å²) in [4.78, 5) is 32.8. The van der Waals surface area contributed by atoms with Gasteiger partial charge < -0.3 is 24.5 Å². The topological polar surface area (TPSA) is 92.4 Å². The number of rotatable bonds is 4. The molecule has 2 aromatic heterocycles. The molecule has 0 unspecified atom stereocenters. The van der Waals surface area contributed by atoms with Crippen LogP contribution in [0.5, 0.6) is 0 Å². The lowest BCUT2D eigenvalue weighted by Gasteiger charge is -2.29. The number of likely N-dealkylation sites (N-methyl/N-ethyl adjacent to an activating group) is 1. The molecule has 1 aliphatic heterocycles. The van der Waals surface area contributed by atoms with Gasteiger partial charge in [-0.25, -0.2) is 4.98 Å². The van der Waals surface area contributed by atoms with E-state index in [1.807, 2.05) is 58.2 Å². The number of furan rings is 1. The van der Waals surface area contributed by atoms with Crippen molar-refractivity contribution < 1.29 is 14.0 Å². The van der Waals surface area contributed by atoms with Crippen LogP contribution in [-0.2, 0) is 17.9 Å². The van der Waals surface area contributed by atoms with Gasteiger partial charge in [-0.15, -0.1) is 0 Å². The van der Waals surface area contributed by atoms with Gasteiger partial charge in [0.25, 0.3) is 5.91 Å². The maximum Gasteiger partial charge on any atom is 0.272 e. The van der Waals surface area contributed by atoms with E-state index in [9.17, 15) is 9.59 Å². The minimum Gasteiger partial charge on any atom is -0.453 e. The van der Waals surface area contributed by atoms with Gasteiger partial charge in [-0.3, -0.25) is 9.59 Å². The van der Waals surface area contributed by atoms with Crippen molar-refractivity contribution in [3.8, 4) is 11.6 Å². The zero-order valence-electron chi connectivity index (χ0n) is 19.4. The average molecular weight is 438 g/mol. The first-order chi connectivity index (χ1) is 15.2. The van der Waals surface area contributed by atoms with Crippen LogP contribution in [0.25, 0.3) is 22.6 Å². The number of carbonyl (C=O) groups excluding carboxylic acids is 2. The molecule has 0 saturated heterocycles. The number of hydrogen-bond donors (Lipinski definition) is 2. The highest BCUT2D eigenvalue weighted by Crippen LogP contribution is 2.31. The highest BCUT2D eigenvalue weighted by Gasteiger charge is 2.35. The third-order valence-electron chi connectivity index (χ3n) is 5.92. The summed E-state index contributed by atoms with van der Waals surface area (Å²) < 4.78 is 8.16. The number of para-hydroxylation sites is 1. The van der Waals surface area contributed by atoms with Gasteiger partial charge >= 0.3 is 0 Å². The van der Waals surface area contributed by atoms with Crippen molar-refractivity contribution in [3.05, 3.63) is 41.7 Å². The second kappa shape index (κ2) is 8.43. The van der Waals surface area contributed by atoms with E-state index >= 15 is 0 Å². The standard InChI is InChI=1S/C24H31N5O3/c1-24(2,3)20(23(31)25-4)27-22(30)19-16-14-28(5)11-8-12-29(16)21(26-19)18-13-15-9-6-7-10-17(15)32-18/h6-7,9-10,13,20H,8,11-12,14H2,1-5H3,(H,25,31)(H,27,30)/t20-/m1/s1. The third kappa shape index (κ3) is 4.14. The Bertz CT molecular complexity index is 1120. The van der Waals surface area contributed by atoms with E-state index in [4.69, 9.17) is 9.40 Å². The second-order valence-electron chi connectivity index (χ2n) is 9.51. The van der Waals surface area contributed by atoms with E-state index in [0.29, 0.717) is 23.8 Å². The Kier molecular flexibility index (Phi) is 5.81. The minimum absolute atomic E-state index is 0.231. The summed E-state index contributed by atoms with van der Waals surface area (Å²) in [5, 5.41) is 6.57. The van der Waals surface area contributed by atoms with Gasteiger partial charge in [-0.1, -0.05) is 39.0 Å². The summed E-state index contributed by atoms with van der Waals surface area (Å²) in [7, 11) is 3.61. The van der Waals surface area contributed by atoms with E-state index in [1.165, 1.54) is 0 Å². The first kappa shape index (κ1) is 22.1. The maximum absolute atomic E-state index is 13.4. The van der Waals surface area contributed by atoms with Crippen LogP contribution in [0.4, 0.5) is 0 Å². The van der Waals surface area contributed by atoms with Gasteiger partial charge in [-0.05, 0) is 37.6 Å². The summed E-state index contributed by atoms with van der Waals surface area (Å²) in [6.07, 6.45) is 0.941. The molecule has 1 aromatic carbocycles. The lowest BCUT2D eigenvalue weighted by atomic mass is 9.86. The van der Waals surface area contributed by atoms with E-state index in [-0.39, 0.29) is 11.8 Å². The Hall–Kier alpha value is -3.13. The Morgan fingerprint density at radius 1 is 1.19 bits per heavy atom. The highest BCUT2D eigenvalue weighted by atomic mass is 16.3. The van der Waals surface area contributed by atoms with Gasteiger partial charge in [0.15, 0.2) is 17.3 Å². The molecule has 1 aliphatic rings. The van der Waals surface area contributed by atoms with E-state index in [2.05, 4.69) is 20.1 Å². The molecule has 0 bridgehead atoms. The zero-order valence-corrected chi connectivity index (χ0v) is 19.4. The zero-order chi connectivity index (χ0) is 23.0. The average Bonchev–Trinajstić information content (AvgIpc) is 3.26. The summed E-state index contributed by atoms with van der Waals surface area (Å²) in [5.41, 5.74) is 1.50. The molecular weight excluding hydrogens is 406 g/mol. The summed E-state index contributed by atoms with van der Waals surface area (Å²) in [6, 6.07) is 9.09. The van der Waals surface area contributed by atoms with Crippen molar-refractivity contribution in [2.45, 2.75) is 46.3 Å². The van der Waals surface area contributed by atoms with Crippen molar-refractivity contribution in [3.63, 3.8) is 0 Å². The van der Waals surface area contributed by atoms with Crippen LogP contribution in [0.3, 0.4) is 0 Å². The predicted octanol–water partition coefficient (Wildman–Crippen LogP) is 3.02. The second-order valence-corrected chi connectivity index (χ2v) is 9.51. The fourth-order valence-electron chi connectivity index (χ4n) is 4.20. The molecule has 0 spiro atoms. The van der Waals surface area contributed by atoms with Crippen molar-refractivity contribution in [2.75, 3.05) is 20.6 Å². The van der Waals surface area contributed by atoms with Gasteiger partial charge in [0, 0.05) is 25.5 Å². The number of fused-ring (bicyclic) bond motifs is 2. The molecule has 4 rings (SSSR count). The first-order valence-electron chi connectivity index (χ1n) is 11.0. The quantitative estimate of drug-likeness (QED) is 0.655. The number of imidazole rings is 1. The van der Waals surface area contributed by atoms with Gasteiger partial charge in [0.2, 0.25) is 5.91 Å². The smallest absolute Gasteiger partial charge is 0.272 e. The molecule has 8 nitrogen and oxygen atoms in total. The Morgan fingerprint density at radius 2 is 1.94 bits per heavy atom. The SMILES string of the molecule is CNC(=O)[C@@H](NC(=O)c1nc(-c2cc3ccccc3o2)n2c1CN(C)CCC2)C(C)(C)C. The molecule has 3 heterocycles. The molecule has 8 heteroatoms. The van der Waals surface area contributed by atoms with Crippen molar-refractivity contribution in [2.24, 2.45) is 5.41 Å². The predicted molar refractivity (Wildman–Crippen MR) is 123 cm³/mol. The number of hydrogen-bond acceptors (Lipinski definition) is 5. The Labute approximate surface area is 188 Å². The van der Waals surface area contributed by atoms with E-state index < -0.39 is 11.5 Å². The summed E-state index contributed by atoms with van der Waals surface area (Å²) >= 11 is 0. The molecular formula is C24H31N5O3. The van der Waals surface area contributed by atoms with Gasteiger partial charge in [0.05, 0.1) is 5.69 Å². The molecule has 0 radical (unpaired) electrons. The highest BCUT2D eigenvalue weighted by molar-refractivity contribution is 5.98. The fourth-order valence-corrected chi connectivity index (χ4v) is 4.20. The largest absolute Gasteiger partial charge is 0.453 e. The molecule has 2 amide bonds. The Morgan fingerprint density at radius 3 is 2.62 bits per heavy atom. The fraction of sp³-hybridized carbons (Fsp3) is 0.458. The van der Waals surface area contributed by atoms with Crippen LogP contribution in [0.1, 0.15) is 43.4 Å². The van der Waals surface area contributed by atoms with Gasteiger partial charge in [0.1, 0.15) is 11.6 Å². The summed E-state index contributed by atoms with van der Waals surface area (Å²) in [5.74, 6) is 0.694. The third-order valence-corrected chi connectivity index (χ3v) is 5.92. The van der Waals surface area contributed by atoms with Crippen LogP contribution in [0.2, 0.25) is 0 Å². The lowest BCUT2D eigenvalue weighted by molar-refractivity contribution is -0.124. The molecule has 32 heavy (non-hydrogen) atoms.